The van der Waals surface area contributed by atoms with Gasteiger partial charge in [-0.1, -0.05) is 19.9 Å². The van der Waals surface area contributed by atoms with E-state index in [1.165, 1.54) is 0 Å². The van der Waals surface area contributed by atoms with Crippen molar-refractivity contribution >= 4 is 0 Å². The van der Waals surface area contributed by atoms with Gasteiger partial charge in [-0.25, -0.2) is 0 Å². The van der Waals surface area contributed by atoms with Gasteiger partial charge in [0, 0.05) is 13.1 Å². The molecular weight excluding hydrogens is 186 g/mol. The van der Waals surface area contributed by atoms with Crippen LogP contribution in [0.2, 0.25) is 0 Å². The zero-order chi connectivity index (χ0) is 11.1. The molecule has 3 nitrogen and oxygen atoms in total. The van der Waals surface area contributed by atoms with Crippen molar-refractivity contribution in [2.75, 3.05) is 20.1 Å². The number of hydrogen-bond donors (Lipinski definition) is 1. The Labute approximate surface area is 92.5 Å². The Hall–Kier alpha value is -0.930. The quantitative estimate of drug-likeness (QED) is 0.768. The van der Waals surface area contributed by atoms with Gasteiger partial charge in [0.1, 0.15) is 0 Å². The third kappa shape index (κ3) is 4.40. The third-order valence-corrected chi connectivity index (χ3v) is 2.39. The fraction of sp³-hybridized carbons (Fsp3) is 0.583. The van der Waals surface area contributed by atoms with Gasteiger partial charge in [-0.15, -0.1) is 0 Å². The molecule has 0 aromatic carbocycles. The van der Waals surface area contributed by atoms with Crippen molar-refractivity contribution < 1.29 is 0 Å². The smallest absolute Gasteiger partial charge is 0.0547 e. The van der Waals surface area contributed by atoms with Crippen molar-refractivity contribution in [3.05, 3.63) is 29.6 Å². The van der Waals surface area contributed by atoms with Crippen molar-refractivity contribution in [3.8, 4) is 0 Å². The summed E-state index contributed by atoms with van der Waals surface area (Å²) in [6.07, 6.45) is 0. The molecule has 1 rings (SSSR count). The number of rotatable bonds is 6. The van der Waals surface area contributed by atoms with E-state index in [1.807, 2.05) is 0 Å². The first-order chi connectivity index (χ1) is 7.26. The Morgan fingerprint density at radius 3 is 2.67 bits per heavy atom. The summed E-state index contributed by atoms with van der Waals surface area (Å²) in [5.41, 5.74) is 2.27. The topological polar surface area (TPSA) is 28.2 Å². The van der Waals surface area contributed by atoms with Gasteiger partial charge in [0.05, 0.1) is 11.4 Å². The fourth-order valence-electron chi connectivity index (χ4n) is 1.36. The number of pyridine rings is 1. The predicted molar refractivity (Wildman–Crippen MR) is 63.6 cm³/mol. The molecule has 1 aromatic rings. The Balaban J connectivity index is 2.57. The van der Waals surface area contributed by atoms with E-state index in [0.717, 1.165) is 37.6 Å². The molecule has 3 heteroatoms. The van der Waals surface area contributed by atoms with Crippen LogP contribution in [0.15, 0.2) is 18.2 Å². The molecule has 0 aliphatic carbocycles. The van der Waals surface area contributed by atoms with Crippen molar-refractivity contribution in [3.63, 3.8) is 0 Å². The highest BCUT2D eigenvalue weighted by molar-refractivity contribution is 5.11. The molecule has 0 bridgehead atoms. The van der Waals surface area contributed by atoms with E-state index >= 15 is 0 Å². The molecule has 0 saturated carbocycles. The van der Waals surface area contributed by atoms with E-state index < -0.39 is 0 Å². The summed E-state index contributed by atoms with van der Waals surface area (Å²) in [5, 5.41) is 3.28. The highest BCUT2D eigenvalue weighted by atomic mass is 15.1. The maximum absolute atomic E-state index is 4.59. The van der Waals surface area contributed by atoms with Crippen LogP contribution in [0.5, 0.6) is 0 Å². The van der Waals surface area contributed by atoms with Gasteiger partial charge in [-0.05, 0) is 32.3 Å². The van der Waals surface area contributed by atoms with Gasteiger partial charge in [0.25, 0.3) is 0 Å². The summed E-state index contributed by atoms with van der Waals surface area (Å²) in [7, 11) is 2.11. The van der Waals surface area contributed by atoms with Crippen LogP contribution in [0.1, 0.15) is 25.2 Å². The van der Waals surface area contributed by atoms with E-state index in [-0.39, 0.29) is 0 Å². The standard InChI is InChI=1S/C12H21N3/c1-4-13-9-11-7-6-8-12(14-11)10-15(3)5-2/h6-8,13H,4-5,9-10H2,1-3H3. The van der Waals surface area contributed by atoms with Crippen LogP contribution in [0.4, 0.5) is 0 Å². The first-order valence-electron chi connectivity index (χ1n) is 5.60. The van der Waals surface area contributed by atoms with Crippen LogP contribution >= 0.6 is 0 Å². The van der Waals surface area contributed by atoms with E-state index in [9.17, 15) is 0 Å². The van der Waals surface area contributed by atoms with E-state index in [2.05, 4.69) is 54.3 Å². The second kappa shape index (κ2) is 6.53. The lowest BCUT2D eigenvalue weighted by Gasteiger charge is -2.13. The third-order valence-electron chi connectivity index (χ3n) is 2.39. The molecule has 0 unspecified atom stereocenters. The monoisotopic (exact) mass is 207 g/mol. The molecule has 0 fully saturated rings. The van der Waals surface area contributed by atoms with Gasteiger partial charge >= 0.3 is 0 Å². The average Bonchev–Trinajstić information content (AvgIpc) is 2.26. The Kier molecular flexibility index (Phi) is 5.29. The van der Waals surface area contributed by atoms with Crippen molar-refractivity contribution in [1.29, 1.82) is 0 Å². The highest BCUT2D eigenvalue weighted by Gasteiger charge is 2.00. The number of nitrogens with zero attached hydrogens (tertiary/aromatic N) is 2. The molecule has 1 N–H and O–H groups in total. The van der Waals surface area contributed by atoms with Crippen molar-refractivity contribution in [2.45, 2.75) is 26.9 Å². The molecule has 84 valence electrons. The summed E-state index contributed by atoms with van der Waals surface area (Å²) in [4.78, 5) is 6.84. The Bertz CT molecular complexity index is 286. The molecule has 1 aromatic heterocycles. The maximum Gasteiger partial charge on any atom is 0.0547 e. The van der Waals surface area contributed by atoms with Crippen LogP contribution in [0, 0.1) is 0 Å². The summed E-state index contributed by atoms with van der Waals surface area (Å²) >= 11 is 0. The first-order valence-corrected chi connectivity index (χ1v) is 5.60. The lowest BCUT2D eigenvalue weighted by atomic mass is 10.3. The van der Waals surface area contributed by atoms with Gasteiger partial charge < -0.3 is 10.2 Å². The molecule has 0 saturated heterocycles. The summed E-state index contributed by atoms with van der Waals surface area (Å²) in [5.74, 6) is 0. The number of nitrogens with one attached hydrogen (secondary N) is 1. The molecule has 0 aliphatic rings. The molecule has 0 radical (unpaired) electrons. The molecule has 0 amide bonds. The van der Waals surface area contributed by atoms with Gasteiger partial charge in [0.15, 0.2) is 0 Å². The lowest BCUT2D eigenvalue weighted by Crippen LogP contribution is -2.18. The van der Waals surface area contributed by atoms with Gasteiger partial charge in [-0.2, -0.15) is 0 Å². The Morgan fingerprint density at radius 2 is 2.00 bits per heavy atom. The number of hydrogen-bond acceptors (Lipinski definition) is 3. The summed E-state index contributed by atoms with van der Waals surface area (Å²) in [6, 6.07) is 6.23. The summed E-state index contributed by atoms with van der Waals surface area (Å²) in [6.45, 7) is 8.09. The van der Waals surface area contributed by atoms with Crippen LogP contribution in [-0.2, 0) is 13.1 Å². The molecule has 15 heavy (non-hydrogen) atoms. The fourth-order valence-corrected chi connectivity index (χ4v) is 1.36. The van der Waals surface area contributed by atoms with Gasteiger partial charge in [0.2, 0.25) is 0 Å². The lowest BCUT2D eigenvalue weighted by molar-refractivity contribution is 0.341. The van der Waals surface area contributed by atoms with Gasteiger partial charge in [-0.3, -0.25) is 4.98 Å². The molecule has 1 heterocycles. The van der Waals surface area contributed by atoms with E-state index in [1.54, 1.807) is 0 Å². The molecule has 0 aliphatic heterocycles. The largest absolute Gasteiger partial charge is 0.311 e. The molecular formula is C12H21N3. The van der Waals surface area contributed by atoms with Crippen LogP contribution in [0.3, 0.4) is 0 Å². The highest BCUT2D eigenvalue weighted by Crippen LogP contribution is 2.02. The minimum Gasteiger partial charge on any atom is -0.311 e. The second-order valence-electron chi connectivity index (χ2n) is 3.73. The Morgan fingerprint density at radius 1 is 1.27 bits per heavy atom. The van der Waals surface area contributed by atoms with E-state index in [4.69, 9.17) is 0 Å². The normalized spacial score (nSPS) is 10.9. The minimum absolute atomic E-state index is 0.861. The summed E-state index contributed by atoms with van der Waals surface area (Å²) < 4.78 is 0. The van der Waals surface area contributed by atoms with E-state index in [0.29, 0.717) is 0 Å². The maximum atomic E-state index is 4.59. The molecule has 0 spiro atoms. The van der Waals surface area contributed by atoms with Crippen LogP contribution in [0.25, 0.3) is 0 Å². The zero-order valence-corrected chi connectivity index (χ0v) is 9.95. The SMILES string of the molecule is CCNCc1cccc(CN(C)CC)n1. The average molecular weight is 207 g/mol. The first kappa shape index (κ1) is 12.1. The minimum atomic E-state index is 0.861. The van der Waals surface area contributed by atoms with Crippen molar-refractivity contribution in [2.24, 2.45) is 0 Å². The second-order valence-corrected chi connectivity index (χ2v) is 3.73. The molecule has 0 atom stereocenters. The predicted octanol–water partition coefficient (Wildman–Crippen LogP) is 1.64. The van der Waals surface area contributed by atoms with Crippen molar-refractivity contribution in [1.82, 2.24) is 15.2 Å². The number of aromatic nitrogens is 1. The van der Waals surface area contributed by atoms with Crippen LogP contribution in [-0.4, -0.2) is 30.0 Å². The van der Waals surface area contributed by atoms with Crippen LogP contribution < -0.4 is 5.32 Å². The zero-order valence-electron chi connectivity index (χ0n) is 9.95.